The minimum absolute atomic E-state index is 0.136. The first-order valence-corrected chi connectivity index (χ1v) is 9.28. The molecule has 1 amide bonds. The normalized spacial score (nSPS) is 27.9. The van der Waals surface area contributed by atoms with Gasteiger partial charge in [0.05, 0.1) is 12.0 Å². The number of halogens is 1. The van der Waals surface area contributed by atoms with E-state index in [1.54, 1.807) is 4.90 Å². The van der Waals surface area contributed by atoms with E-state index in [4.69, 9.17) is 16.3 Å². The Morgan fingerprint density at radius 1 is 1.24 bits per heavy atom. The van der Waals surface area contributed by atoms with Crippen molar-refractivity contribution in [1.29, 1.82) is 0 Å². The van der Waals surface area contributed by atoms with Crippen LogP contribution in [0.4, 0.5) is 0 Å². The fourth-order valence-corrected chi connectivity index (χ4v) is 4.52. The fourth-order valence-electron chi connectivity index (χ4n) is 4.24. The SMILES string of the molecule is Cc1cn(C2CCC(C3OCCN(C)C3=O)CC2)c2ncnc(Cl)c12. The van der Waals surface area contributed by atoms with Crippen LogP contribution < -0.4 is 0 Å². The summed E-state index contributed by atoms with van der Waals surface area (Å²) in [5.41, 5.74) is 2.01. The molecule has 0 radical (unpaired) electrons. The molecule has 1 aliphatic heterocycles. The van der Waals surface area contributed by atoms with E-state index in [9.17, 15) is 4.79 Å². The first-order chi connectivity index (χ1) is 12.1. The zero-order chi connectivity index (χ0) is 17.6. The predicted molar refractivity (Wildman–Crippen MR) is 95.6 cm³/mol. The van der Waals surface area contributed by atoms with Gasteiger partial charge < -0.3 is 14.2 Å². The third-order valence-electron chi connectivity index (χ3n) is 5.66. The zero-order valence-corrected chi connectivity index (χ0v) is 15.4. The first-order valence-electron chi connectivity index (χ1n) is 8.90. The molecular weight excluding hydrogens is 340 g/mol. The highest BCUT2D eigenvalue weighted by atomic mass is 35.5. The Morgan fingerprint density at radius 3 is 2.76 bits per heavy atom. The van der Waals surface area contributed by atoms with Crippen molar-refractivity contribution in [3.05, 3.63) is 23.2 Å². The number of aryl methyl sites for hydroxylation is 1. The van der Waals surface area contributed by atoms with E-state index in [0.29, 0.717) is 30.3 Å². The van der Waals surface area contributed by atoms with E-state index in [-0.39, 0.29) is 12.0 Å². The number of morpholine rings is 1. The Balaban J connectivity index is 1.51. The van der Waals surface area contributed by atoms with Crippen LogP contribution in [0.1, 0.15) is 37.3 Å². The van der Waals surface area contributed by atoms with Gasteiger partial charge in [-0.2, -0.15) is 0 Å². The molecule has 6 nitrogen and oxygen atoms in total. The van der Waals surface area contributed by atoms with Gasteiger partial charge in [-0.15, -0.1) is 0 Å². The van der Waals surface area contributed by atoms with Gasteiger partial charge in [0.2, 0.25) is 0 Å². The molecule has 1 saturated carbocycles. The topological polar surface area (TPSA) is 60.2 Å². The van der Waals surface area contributed by atoms with Gasteiger partial charge in [-0.1, -0.05) is 11.6 Å². The summed E-state index contributed by atoms with van der Waals surface area (Å²) in [6.45, 7) is 3.38. The fraction of sp³-hybridized carbons (Fsp3) is 0.611. The standard InChI is InChI=1S/C18H23ClN4O2/c1-11-9-23(17-14(11)16(19)20-10-21-17)13-5-3-12(4-6-13)15-18(24)22(2)7-8-25-15/h9-10,12-13,15H,3-8H2,1-2H3. The van der Waals surface area contributed by atoms with Crippen LogP contribution in [0.15, 0.2) is 12.5 Å². The summed E-state index contributed by atoms with van der Waals surface area (Å²) in [5.74, 6) is 0.448. The summed E-state index contributed by atoms with van der Waals surface area (Å²) in [5, 5.41) is 1.46. The molecule has 0 spiro atoms. The molecule has 1 saturated heterocycles. The number of hydrogen-bond acceptors (Lipinski definition) is 4. The monoisotopic (exact) mass is 362 g/mol. The number of rotatable bonds is 2. The molecule has 1 unspecified atom stereocenters. The third kappa shape index (κ3) is 2.91. The maximum absolute atomic E-state index is 12.4. The molecule has 4 rings (SSSR count). The molecule has 0 aromatic carbocycles. The lowest BCUT2D eigenvalue weighted by Crippen LogP contribution is -2.49. The van der Waals surface area contributed by atoms with Gasteiger partial charge in [0.1, 0.15) is 23.2 Å². The number of carbonyl (C=O) groups excluding carboxylic acids is 1. The van der Waals surface area contributed by atoms with Crippen LogP contribution in [0.2, 0.25) is 5.15 Å². The number of ether oxygens (including phenoxy) is 1. The Bertz CT molecular complexity index is 798. The van der Waals surface area contributed by atoms with Crippen molar-refractivity contribution in [3.63, 3.8) is 0 Å². The van der Waals surface area contributed by atoms with Crippen molar-refractivity contribution in [2.75, 3.05) is 20.2 Å². The number of likely N-dealkylation sites (N-methyl/N-ethyl adjacent to an activating group) is 1. The van der Waals surface area contributed by atoms with Crippen molar-refractivity contribution in [1.82, 2.24) is 19.4 Å². The quantitative estimate of drug-likeness (QED) is 0.770. The van der Waals surface area contributed by atoms with Crippen molar-refractivity contribution in [2.24, 2.45) is 5.92 Å². The number of hydrogen-bond donors (Lipinski definition) is 0. The van der Waals surface area contributed by atoms with Crippen LogP contribution in [0, 0.1) is 12.8 Å². The van der Waals surface area contributed by atoms with Gasteiger partial charge in [0.15, 0.2) is 0 Å². The maximum Gasteiger partial charge on any atom is 0.251 e. The lowest BCUT2D eigenvalue weighted by molar-refractivity contribution is -0.157. The Hall–Kier alpha value is -1.66. The molecule has 7 heteroatoms. The second-order valence-corrected chi connectivity index (χ2v) is 7.56. The highest BCUT2D eigenvalue weighted by molar-refractivity contribution is 6.34. The number of nitrogens with zero attached hydrogens (tertiary/aromatic N) is 4. The van der Waals surface area contributed by atoms with Gasteiger partial charge in [-0.25, -0.2) is 9.97 Å². The lowest BCUT2D eigenvalue weighted by atomic mass is 9.81. The van der Waals surface area contributed by atoms with E-state index < -0.39 is 0 Å². The van der Waals surface area contributed by atoms with Crippen molar-refractivity contribution in [2.45, 2.75) is 44.8 Å². The lowest BCUT2D eigenvalue weighted by Gasteiger charge is -2.38. The molecule has 2 aromatic rings. The Labute approximate surface area is 152 Å². The number of amides is 1. The third-order valence-corrected chi connectivity index (χ3v) is 5.95. The molecule has 0 N–H and O–H groups in total. The van der Waals surface area contributed by atoms with Crippen molar-refractivity contribution >= 4 is 28.5 Å². The highest BCUT2D eigenvalue weighted by Crippen LogP contribution is 2.38. The van der Waals surface area contributed by atoms with E-state index >= 15 is 0 Å². The molecule has 2 aromatic heterocycles. The zero-order valence-electron chi connectivity index (χ0n) is 14.6. The summed E-state index contributed by atoms with van der Waals surface area (Å²) in [4.78, 5) is 22.7. The van der Waals surface area contributed by atoms with Gasteiger partial charge >= 0.3 is 0 Å². The summed E-state index contributed by atoms with van der Waals surface area (Å²) < 4.78 is 8.04. The van der Waals surface area contributed by atoms with E-state index in [2.05, 4.69) is 20.7 Å². The molecule has 2 fully saturated rings. The summed E-state index contributed by atoms with van der Waals surface area (Å²) in [6.07, 6.45) is 7.42. The van der Waals surface area contributed by atoms with Crippen LogP contribution in [-0.2, 0) is 9.53 Å². The number of fused-ring (bicyclic) bond motifs is 1. The van der Waals surface area contributed by atoms with Crippen LogP contribution in [0.3, 0.4) is 0 Å². The molecule has 1 aliphatic carbocycles. The van der Waals surface area contributed by atoms with E-state index in [1.165, 1.54) is 6.33 Å². The molecule has 25 heavy (non-hydrogen) atoms. The van der Waals surface area contributed by atoms with Gasteiger partial charge in [0.25, 0.3) is 5.91 Å². The van der Waals surface area contributed by atoms with Crippen LogP contribution in [-0.4, -0.2) is 51.6 Å². The van der Waals surface area contributed by atoms with Gasteiger partial charge in [0, 0.05) is 25.8 Å². The molecule has 0 bridgehead atoms. The highest BCUT2D eigenvalue weighted by Gasteiger charge is 2.37. The Morgan fingerprint density at radius 2 is 2.00 bits per heavy atom. The minimum Gasteiger partial charge on any atom is -0.366 e. The van der Waals surface area contributed by atoms with Crippen LogP contribution in [0.5, 0.6) is 0 Å². The van der Waals surface area contributed by atoms with Crippen molar-refractivity contribution in [3.8, 4) is 0 Å². The molecule has 134 valence electrons. The van der Waals surface area contributed by atoms with Gasteiger partial charge in [-0.3, -0.25) is 4.79 Å². The van der Waals surface area contributed by atoms with Crippen molar-refractivity contribution < 1.29 is 9.53 Å². The molecule has 3 heterocycles. The van der Waals surface area contributed by atoms with Crippen LogP contribution in [0.25, 0.3) is 11.0 Å². The summed E-state index contributed by atoms with van der Waals surface area (Å²) in [6, 6.07) is 0.384. The largest absolute Gasteiger partial charge is 0.366 e. The molecular formula is C18H23ClN4O2. The molecule has 1 atom stereocenters. The summed E-state index contributed by atoms with van der Waals surface area (Å²) >= 11 is 6.25. The predicted octanol–water partition coefficient (Wildman–Crippen LogP) is 2.98. The average Bonchev–Trinajstić information content (AvgIpc) is 2.96. The van der Waals surface area contributed by atoms with Crippen LogP contribution >= 0.6 is 11.6 Å². The van der Waals surface area contributed by atoms with E-state index in [1.807, 2.05) is 14.0 Å². The summed E-state index contributed by atoms with van der Waals surface area (Å²) in [7, 11) is 1.86. The second kappa shape index (κ2) is 6.57. The maximum atomic E-state index is 12.4. The minimum atomic E-state index is -0.264. The smallest absolute Gasteiger partial charge is 0.251 e. The second-order valence-electron chi connectivity index (χ2n) is 7.20. The number of aromatic nitrogens is 3. The Kier molecular flexibility index (Phi) is 4.41. The van der Waals surface area contributed by atoms with Gasteiger partial charge in [-0.05, 0) is 44.1 Å². The molecule has 2 aliphatic rings. The first kappa shape index (κ1) is 16.8. The average molecular weight is 363 g/mol. The number of carbonyl (C=O) groups is 1. The van der Waals surface area contributed by atoms with E-state index in [0.717, 1.165) is 42.3 Å².